The Labute approximate surface area is 161 Å². The van der Waals surface area contributed by atoms with Gasteiger partial charge in [-0.05, 0) is 39.5 Å². The fraction of sp³-hybridized carbons (Fsp3) is 0.0714. The predicted octanol–water partition coefficient (Wildman–Crippen LogP) is 3.08. The second-order valence-electron chi connectivity index (χ2n) is 4.87. The van der Waals surface area contributed by atoms with Crippen LogP contribution in [0.2, 0.25) is 0 Å². The highest BCUT2D eigenvalue weighted by Crippen LogP contribution is 2.29. The van der Waals surface area contributed by atoms with E-state index in [4.69, 9.17) is 8.83 Å². The minimum atomic E-state index is -0.765. The molecule has 12 heteroatoms. The summed E-state index contributed by atoms with van der Waals surface area (Å²) >= 11 is 5.93. The summed E-state index contributed by atoms with van der Waals surface area (Å²) in [6.07, 6.45) is 0. The lowest BCUT2D eigenvalue weighted by molar-refractivity contribution is -0.117. The first kappa shape index (κ1) is 16.9. The molecule has 0 aliphatic heterocycles. The van der Waals surface area contributed by atoms with E-state index in [2.05, 4.69) is 36.5 Å². The van der Waals surface area contributed by atoms with Crippen molar-refractivity contribution in [2.45, 2.75) is 6.54 Å². The first-order valence-corrected chi connectivity index (χ1v) is 9.58. The zero-order valence-corrected chi connectivity index (χ0v) is 15.9. The molecule has 1 N–H and O–H groups in total. The number of furan rings is 1. The van der Waals surface area contributed by atoms with Crippen molar-refractivity contribution in [3.63, 3.8) is 0 Å². The minimum Gasteiger partial charge on any atom is -0.444 e. The van der Waals surface area contributed by atoms with Gasteiger partial charge in [0.05, 0.1) is 4.88 Å². The number of hydrogen-bond donors (Lipinski definition) is 1. The van der Waals surface area contributed by atoms with E-state index in [0.717, 1.165) is 9.56 Å². The second kappa shape index (κ2) is 6.97. The highest BCUT2D eigenvalue weighted by Gasteiger charge is 2.17. The van der Waals surface area contributed by atoms with Crippen LogP contribution in [-0.4, -0.2) is 25.9 Å². The van der Waals surface area contributed by atoms with Crippen LogP contribution in [0.15, 0.2) is 47.9 Å². The maximum Gasteiger partial charge on any atom is 0.437 e. The fourth-order valence-corrected chi connectivity index (χ4v) is 3.86. The third kappa shape index (κ3) is 3.52. The van der Waals surface area contributed by atoms with Gasteiger partial charge in [-0.3, -0.25) is 10.1 Å². The Morgan fingerprint density at radius 2 is 2.15 bits per heavy atom. The maximum atomic E-state index is 12.1. The molecule has 4 aromatic rings. The van der Waals surface area contributed by atoms with E-state index in [0.29, 0.717) is 14.8 Å². The summed E-state index contributed by atoms with van der Waals surface area (Å²) in [5.74, 6) is -0.970. The van der Waals surface area contributed by atoms with E-state index >= 15 is 0 Å². The summed E-state index contributed by atoms with van der Waals surface area (Å²) in [7, 11) is 0. The Kier molecular flexibility index (Phi) is 4.53. The van der Waals surface area contributed by atoms with Gasteiger partial charge >= 0.3 is 5.76 Å². The maximum absolute atomic E-state index is 12.1. The highest BCUT2D eigenvalue weighted by atomic mass is 79.9. The van der Waals surface area contributed by atoms with Crippen molar-refractivity contribution in [3.8, 4) is 21.5 Å². The van der Waals surface area contributed by atoms with Crippen molar-refractivity contribution in [3.05, 3.63) is 44.9 Å². The summed E-state index contributed by atoms with van der Waals surface area (Å²) in [6, 6.07) is 7.06. The van der Waals surface area contributed by atoms with Gasteiger partial charge in [-0.1, -0.05) is 17.4 Å². The average Bonchev–Trinajstić information content (AvgIpc) is 3.36. The van der Waals surface area contributed by atoms with Gasteiger partial charge in [-0.25, -0.2) is 4.79 Å². The third-order valence-electron chi connectivity index (χ3n) is 3.09. The molecule has 1 amide bonds. The van der Waals surface area contributed by atoms with E-state index in [1.165, 1.54) is 22.7 Å². The van der Waals surface area contributed by atoms with E-state index in [1.807, 2.05) is 17.5 Å². The smallest absolute Gasteiger partial charge is 0.437 e. The summed E-state index contributed by atoms with van der Waals surface area (Å²) in [5, 5.41) is 17.5. The lowest BCUT2D eigenvalue weighted by Gasteiger charge is -1.98. The predicted molar refractivity (Wildman–Crippen MR) is 98.0 cm³/mol. The number of carbonyl (C=O) groups is 1. The molecular formula is C14H8BrN5O4S2. The molecule has 0 bridgehead atoms. The molecule has 0 aliphatic rings. The van der Waals surface area contributed by atoms with Gasteiger partial charge in [0.15, 0.2) is 15.4 Å². The number of aromatic nitrogens is 4. The largest absolute Gasteiger partial charge is 0.444 e. The van der Waals surface area contributed by atoms with Gasteiger partial charge < -0.3 is 8.83 Å². The Morgan fingerprint density at radius 3 is 2.88 bits per heavy atom. The molecule has 0 fully saturated rings. The molecule has 0 aliphatic carbocycles. The zero-order valence-electron chi connectivity index (χ0n) is 12.7. The van der Waals surface area contributed by atoms with E-state index in [-0.39, 0.29) is 18.2 Å². The van der Waals surface area contributed by atoms with Gasteiger partial charge in [-0.15, -0.1) is 26.6 Å². The van der Waals surface area contributed by atoms with Crippen LogP contribution in [0, 0.1) is 0 Å². The number of nitrogens with zero attached hydrogens (tertiary/aromatic N) is 4. The Morgan fingerprint density at radius 1 is 1.27 bits per heavy atom. The number of carbonyl (C=O) groups excluding carboxylic acids is 1. The molecule has 9 nitrogen and oxygen atoms in total. The first-order valence-electron chi connectivity index (χ1n) is 7.09. The highest BCUT2D eigenvalue weighted by molar-refractivity contribution is 9.10. The van der Waals surface area contributed by atoms with E-state index in [1.54, 1.807) is 12.1 Å². The van der Waals surface area contributed by atoms with Crippen LogP contribution in [0.3, 0.4) is 0 Å². The summed E-state index contributed by atoms with van der Waals surface area (Å²) < 4.78 is 11.6. The molecule has 4 heterocycles. The van der Waals surface area contributed by atoms with E-state index in [9.17, 15) is 9.59 Å². The summed E-state index contributed by atoms with van der Waals surface area (Å²) in [5.41, 5.74) is 0. The SMILES string of the molecule is O=C(Cn1nc(-c2ccc(Br)o2)oc1=O)Nc1nnc(-c2cccs2)s1. The topological polar surface area (TPSA) is 116 Å². The third-order valence-corrected chi connectivity index (χ3v) is 5.39. The van der Waals surface area contributed by atoms with Crippen molar-refractivity contribution >= 4 is 49.6 Å². The molecule has 0 saturated heterocycles. The molecule has 132 valence electrons. The number of anilines is 1. The van der Waals surface area contributed by atoms with Crippen molar-refractivity contribution in [2.75, 3.05) is 5.32 Å². The van der Waals surface area contributed by atoms with Crippen molar-refractivity contribution in [2.24, 2.45) is 0 Å². The lowest BCUT2D eigenvalue weighted by atomic mass is 10.5. The Balaban J connectivity index is 1.45. The van der Waals surface area contributed by atoms with Crippen LogP contribution in [0.25, 0.3) is 21.5 Å². The molecule has 0 radical (unpaired) electrons. The molecule has 0 aromatic carbocycles. The van der Waals surface area contributed by atoms with Crippen LogP contribution in [0.5, 0.6) is 0 Å². The number of amides is 1. The van der Waals surface area contributed by atoms with Crippen molar-refractivity contribution in [1.29, 1.82) is 0 Å². The zero-order chi connectivity index (χ0) is 18.1. The Bertz CT molecular complexity index is 1110. The first-order chi connectivity index (χ1) is 12.6. The number of nitrogens with one attached hydrogen (secondary N) is 1. The fourth-order valence-electron chi connectivity index (χ4n) is 2.00. The molecule has 4 rings (SSSR count). The van der Waals surface area contributed by atoms with Gasteiger partial charge in [0.2, 0.25) is 11.0 Å². The average molecular weight is 454 g/mol. The van der Waals surface area contributed by atoms with Gasteiger partial charge in [0, 0.05) is 0 Å². The monoisotopic (exact) mass is 453 g/mol. The molecular weight excluding hydrogens is 446 g/mol. The number of thiophene rings is 1. The summed E-state index contributed by atoms with van der Waals surface area (Å²) in [6.45, 7) is -0.321. The van der Waals surface area contributed by atoms with Gasteiger partial charge in [-0.2, -0.15) is 4.68 Å². The number of rotatable bonds is 5. The molecule has 0 saturated carbocycles. The van der Waals surface area contributed by atoms with Crippen molar-refractivity contribution in [1.82, 2.24) is 20.0 Å². The van der Waals surface area contributed by atoms with Crippen LogP contribution in [-0.2, 0) is 11.3 Å². The normalized spacial score (nSPS) is 11.0. The molecule has 4 aromatic heterocycles. The lowest BCUT2D eigenvalue weighted by Crippen LogP contribution is -2.25. The number of hydrogen-bond acceptors (Lipinski definition) is 9. The molecule has 26 heavy (non-hydrogen) atoms. The number of halogens is 1. The standard InChI is InChI=1S/C14H8BrN5O4S2/c15-9-4-3-7(23-9)11-19-20(14(22)24-11)6-10(21)16-13-18-17-12(26-13)8-2-1-5-25-8/h1-5H,6H2,(H,16,18,21). The van der Waals surface area contributed by atoms with Gasteiger partial charge in [0.25, 0.3) is 5.89 Å². The quantitative estimate of drug-likeness (QED) is 0.493. The molecule has 0 spiro atoms. The summed E-state index contributed by atoms with van der Waals surface area (Å²) in [4.78, 5) is 24.9. The minimum absolute atomic E-state index is 0.00982. The Hall–Kier alpha value is -2.57. The van der Waals surface area contributed by atoms with Crippen LogP contribution >= 0.6 is 38.6 Å². The molecule has 0 unspecified atom stereocenters. The van der Waals surface area contributed by atoms with Gasteiger partial charge in [0.1, 0.15) is 6.54 Å². The van der Waals surface area contributed by atoms with Crippen LogP contribution in [0.1, 0.15) is 0 Å². The van der Waals surface area contributed by atoms with E-state index < -0.39 is 11.7 Å². The second-order valence-corrected chi connectivity index (χ2v) is 7.58. The van der Waals surface area contributed by atoms with Crippen molar-refractivity contribution < 1.29 is 13.6 Å². The van der Waals surface area contributed by atoms with Crippen LogP contribution in [0.4, 0.5) is 5.13 Å². The molecule has 0 atom stereocenters. The van der Waals surface area contributed by atoms with Crippen LogP contribution < -0.4 is 11.1 Å².